The first kappa shape index (κ1) is 15.2. The maximum absolute atomic E-state index is 5.83. The van der Waals surface area contributed by atoms with Crippen molar-refractivity contribution in [1.29, 1.82) is 0 Å². The van der Waals surface area contributed by atoms with Crippen molar-refractivity contribution in [3.63, 3.8) is 0 Å². The van der Waals surface area contributed by atoms with Crippen LogP contribution >= 0.6 is 0 Å². The molecule has 24 heavy (non-hydrogen) atoms. The molecule has 1 aliphatic heterocycles. The fraction of sp³-hybridized carbons (Fsp3) is 0.562. The Morgan fingerprint density at radius 3 is 2.50 bits per heavy atom. The second-order valence-corrected chi connectivity index (χ2v) is 6.81. The zero-order valence-electron chi connectivity index (χ0n) is 14.0. The van der Waals surface area contributed by atoms with E-state index >= 15 is 0 Å². The van der Waals surface area contributed by atoms with Gasteiger partial charge in [0.05, 0.1) is 11.9 Å². The quantitative estimate of drug-likeness (QED) is 0.850. The number of nitrogens with zero attached hydrogens (tertiary/aromatic N) is 6. The number of hydrogen-bond acceptors (Lipinski definition) is 7. The number of nitrogens with two attached hydrogens (primary N) is 2. The van der Waals surface area contributed by atoms with Crippen molar-refractivity contribution in [3.05, 3.63) is 17.8 Å². The predicted octanol–water partition coefficient (Wildman–Crippen LogP) is 0.667. The highest BCUT2D eigenvalue weighted by molar-refractivity contribution is 5.52. The van der Waals surface area contributed by atoms with E-state index in [2.05, 4.69) is 31.8 Å². The summed E-state index contributed by atoms with van der Waals surface area (Å²) in [6.45, 7) is 7.62. The van der Waals surface area contributed by atoms with E-state index < -0.39 is 0 Å². The number of rotatable bonds is 4. The molecule has 0 amide bonds. The molecule has 0 atom stereocenters. The Hall–Kier alpha value is -2.35. The van der Waals surface area contributed by atoms with Crippen molar-refractivity contribution in [2.24, 2.45) is 5.92 Å². The number of pyridine rings is 1. The molecule has 2 aromatic rings. The van der Waals surface area contributed by atoms with Gasteiger partial charge in [-0.1, -0.05) is 0 Å². The number of aryl methyl sites for hydroxylation is 1. The van der Waals surface area contributed by atoms with Gasteiger partial charge in [-0.05, 0) is 37.3 Å². The third-order valence-electron chi connectivity index (χ3n) is 4.81. The Morgan fingerprint density at radius 2 is 1.92 bits per heavy atom. The lowest BCUT2D eigenvalue weighted by Gasteiger charge is -2.36. The minimum absolute atomic E-state index is 0.168. The van der Waals surface area contributed by atoms with Crippen molar-refractivity contribution in [1.82, 2.24) is 24.6 Å². The summed E-state index contributed by atoms with van der Waals surface area (Å²) in [6, 6.07) is 2.03. The summed E-state index contributed by atoms with van der Waals surface area (Å²) in [5, 5.41) is 4.11. The van der Waals surface area contributed by atoms with Gasteiger partial charge in [0.2, 0.25) is 11.9 Å². The van der Waals surface area contributed by atoms with E-state index in [-0.39, 0.29) is 11.9 Å². The average Bonchev–Trinajstić information content (AvgIpc) is 3.31. The summed E-state index contributed by atoms with van der Waals surface area (Å²) >= 11 is 0. The van der Waals surface area contributed by atoms with E-state index in [0.29, 0.717) is 0 Å². The van der Waals surface area contributed by atoms with E-state index in [9.17, 15) is 0 Å². The van der Waals surface area contributed by atoms with Crippen molar-refractivity contribution >= 4 is 17.7 Å². The molecule has 8 heteroatoms. The van der Waals surface area contributed by atoms with Crippen LogP contribution in [0.2, 0.25) is 0 Å². The third kappa shape index (κ3) is 3.01. The molecule has 3 heterocycles. The van der Waals surface area contributed by atoms with Crippen molar-refractivity contribution in [2.45, 2.75) is 19.8 Å². The second-order valence-electron chi connectivity index (χ2n) is 6.81. The van der Waals surface area contributed by atoms with Crippen molar-refractivity contribution in [2.75, 3.05) is 49.1 Å². The molecule has 1 saturated heterocycles. The van der Waals surface area contributed by atoms with Crippen LogP contribution in [0.4, 0.5) is 17.7 Å². The van der Waals surface area contributed by atoms with Gasteiger partial charge in [-0.3, -0.25) is 4.90 Å². The zero-order valence-corrected chi connectivity index (χ0v) is 14.0. The number of piperazine rings is 1. The predicted molar refractivity (Wildman–Crippen MR) is 94.1 cm³/mol. The van der Waals surface area contributed by atoms with Crippen molar-refractivity contribution < 1.29 is 0 Å². The molecule has 0 radical (unpaired) electrons. The first-order chi connectivity index (χ1) is 11.6. The lowest BCUT2D eigenvalue weighted by Crippen LogP contribution is -2.47. The number of aromatic nitrogens is 4. The molecular formula is C16H24N8. The van der Waals surface area contributed by atoms with E-state index in [1.807, 2.05) is 6.07 Å². The average molecular weight is 328 g/mol. The molecular weight excluding hydrogens is 304 g/mol. The summed E-state index contributed by atoms with van der Waals surface area (Å²) in [4.78, 5) is 13.5. The number of nitrogen functional groups attached to an aromatic ring is 2. The third-order valence-corrected chi connectivity index (χ3v) is 4.81. The molecule has 0 bridgehead atoms. The van der Waals surface area contributed by atoms with Crippen LogP contribution in [0.25, 0.3) is 5.69 Å². The zero-order chi connectivity index (χ0) is 16.7. The van der Waals surface area contributed by atoms with Crippen LogP contribution in [-0.2, 0) is 0 Å². The van der Waals surface area contributed by atoms with Gasteiger partial charge in [-0.15, -0.1) is 5.10 Å². The maximum Gasteiger partial charge on any atom is 0.241 e. The van der Waals surface area contributed by atoms with Gasteiger partial charge in [0, 0.05) is 32.7 Å². The number of anilines is 3. The molecule has 0 aromatic carbocycles. The fourth-order valence-corrected chi connectivity index (χ4v) is 3.34. The van der Waals surface area contributed by atoms with Gasteiger partial charge >= 0.3 is 0 Å². The monoisotopic (exact) mass is 328 g/mol. The summed E-state index contributed by atoms with van der Waals surface area (Å²) in [7, 11) is 0. The van der Waals surface area contributed by atoms with E-state index in [4.69, 9.17) is 11.5 Å². The van der Waals surface area contributed by atoms with Crippen LogP contribution in [-0.4, -0.2) is 57.4 Å². The van der Waals surface area contributed by atoms with Gasteiger partial charge in [0.15, 0.2) is 0 Å². The molecule has 1 saturated carbocycles. The Morgan fingerprint density at radius 1 is 1.17 bits per heavy atom. The molecule has 1 aliphatic carbocycles. The molecule has 0 unspecified atom stereocenters. The van der Waals surface area contributed by atoms with Crippen LogP contribution < -0.4 is 16.4 Å². The summed E-state index contributed by atoms with van der Waals surface area (Å²) in [5.41, 5.74) is 13.3. The Kier molecular flexibility index (Phi) is 3.76. The number of hydrogen-bond donors (Lipinski definition) is 2. The molecule has 2 fully saturated rings. The van der Waals surface area contributed by atoms with Crippen LogP contribution in [0.15, 0.2) is 12.3 Å². The lowest BCUT2D eigenvalue weighted by atomic mass is 10.2. The van der Waals surface area contributed by atoms with Crippen LogP contribution in [0.3, 0.4) is 0 Å². The minimum atomic E-state index is 0.168. The second kappa shape index (κ2) is 5.94. The maximum atomic E-state index is 5.83. The van der Waals surface area contributed by atoms with Crippen molar-refractivity contribution in [3.8, 4) is 5.69 Å². The van der Waals surface area contributed by atoms with E-state index in [1.165, 1.54) is 24.1 Å². The SMILES string of the molecule is Cc1cc(-n2nc(N)nc2N)cnc1N1CCN(CC2CC2)CC1. The molecule has 0 spiro atoms. The first-order valence-corrected chi connectivity index (χ1v) is 8.52. The largest absolute Gasteiger partial charge is 0.368 e. The topological polar surface area (TPSA) is 102 Å². The van der Waals surface area contributed by atoms with E-state index in [0.717, 1.165) is 49.2 Å². The van der Waals surface area contributed by atoms with Crippen LogP contribution in [0.5, 0.6) is 0 Å². The van der Waals surface area contributed by atoms with E-state index in [1.54, 1.807) is 6.20 Å². The highest BCUT2D eigenvalue weighted by atomic mass is 15.4. The molecule has 2 aliphatic rings. The highest BCUT2D eigenvalue weighted by Gasteiger charge is 2.27. The molecule has 128 valence electrons. The first-order valence-electron chi connectivity index (χ1n) is 8.52. The van der Waals surface area contributed by atoms with Gasteiger partial charge in [-0.2, -0.15) is 9.67 Å². The summed E-state index contributed by atoms with van der Waals surface area (Å²) < 4.78 is 1.52. The Labute approximate surface area is 141 Å². The normalized spacial score (nSPS) is 19.0. The Balaban J connectivity index is 1.47. The molecule has 8 nitrogen and oxygen atoms in total. The molecule has 2 aromatic heterocycles. The summed E-state index contributed by atoms with van der Waals surface area (Å²) in [6.07, 6.45) is 4.61. The Bertz CT molecular complexity index is 728. The molecule has 4 rings (SSSR count). The van der Waals surface area contributed by atoms with Crippen LogP contribution in [0.1, 0.15) is 18.4 Å². The fourth-order valence-electron chi connectivity index (χ4n) is 3.34. The standard InChI is InChI=1S/C16H24N8/c1-11-8-13(24-16(18)20-15(17)21-24)9-19-14(11)23-6-4-22(5-7-23)10-12-2-3-12/h8-9,12H,2-7,10H2,1H3,(H4,17,18,20,21). The van der Waals surface area contributed by atoms with Crippen LogP contribution in [0, 0.1) is 12.8 Å². The highest BCUT2D eigenvalue weighted by Crippen LogP contribution is 2.30. The van der Waals surface area contributed by atoms with Gasteiger partial charge < -0.3 is 16.4 Å². The summed E-state index contributed by atoms with van der Waals surface area (Å²) in [5.74, 6) is 2.43. The van der Waals surface area contributed by atoms with Gasteiger partial charge in [0.25, 0.3) is 0 Å². The lowest BCUT2D eigenvalue weighted by molar-refractivity contribution is 0.247. The minimum Gasteiger partial charge on any atom is -0.368 e. The van der Waals surface area contributed by atoms with Gasteiger partial charge in [-0.25, -0.2) is 4.98 Å². The smallest absolute Gasteiger partial charge is 0.241 e. The molecule has 4 N–H and O–H groups in total. The van der Waals surface area contributed by atoms with Gasteiger partial charge in [0.1, 0.15) is 5.82 Å².